The van der Waals surface area contributed by atoms with Crippen molar-refractivity contribution in [1.82, 2.24) is 5.32 Å². The predicted octanol–water partition coefficient (Wildman–Crippen LogP) is 4.23. The molecule has 7 nitrogen and oxygen atoms in total. The maximum absolute atomic E-state index is 12.2. The molecule has 0 saturated heterocycles. The van der Waals surface area contributed by atoms with Crippen LogP contribution in [-0.4, -0.2) is 41.5 Å². The van der Waals surface area contributed by atoms with Gasteiger partial charge in [0.05, 0.1) is 19.1 Å². The summed E-state index contributed by atoms with van der Waals surface area (Å²) in [4.78, 5) is 24.3. The first-order valence-electron chi connectivity index (χ1n) is 11.6. The van der Waals surface area contributed by atoms with E-state index in [0.29, 0.717) is 30.9 Å². The van der Waals surface area contributed by atoms with Crippen LogP contribution in [0.5, 0.6) is 5.75 Å². The van der Waals surface area contributed by atoms with Gasteiger partial charge in [0.2, 0.25) is 0 Å². The summed E-state index contributed by atoms with van der Waals surface area (Å²) in [6.45, 7) is 7.42. The van der Waals surface area contributed by atoms with Gasteiger partial charge in [0.25, 0.3) is 0 Å². The second kappa shape index (κ2) is 8.25. The van der Waals surface area contributed by atoms with Gasteiger partial charge < -0.3 is 24.6 Å². The number of hydrogen-bond donors (Lipinski definition) is 2. The van der Waals surface area contributed by atoms with E-state index in [1.54, 1.807) is 0 Å². The highest BCUT2D eigenvalue weighted by Gasteiger charge is 2.51. The quantitative estimate of drug-likeness (QED) is 0.659. The summed E-state index contributed by atoms with van der Waals surface area (Å²) >= 11 is 0. The van der Waals surface area contributed by atoms with Gasteiger partial charge in [-0.25, -0.2) is 4.79 Å². The Morgan fingerprint density at radius 2 is 1.91 bits per heavy atom. The van der Waals surface area contributed by atoms with Gasteiger partial charge in [0.1, 0.15) is 17.0 Å². The van der Waals surface area contributed by atoms with Gasteiger partial charge >= 0.3 is 12.1 Å². The lowest BCUT2D eigenvalue weighted by atomic mass is 9.70. The number of alkyl carbamates (subject to hydrolysis) is 1. The van der Waals surface area contributed by atoms with E-state index in [1.165, 1.54) is 7.11 Å². The number of rotatable bonds is 5. The molecule has 2 N–H and O–H groups in total. The second-order valence-corrected chi connectivity index (χ2v) is 10.7. The molecule has 7 heteroatoms. The number of nitrogens with one attached hydrogen (secondary N) is 1. The number of methoxy groups -OCH3 is 1. The third-order valence-corrected chi connectivity index (χ3v) is 6.87. The number of carbonyl (C=O) groups excluding carboxylic acids is 2. The smallest absolute Gasteiger partial charge is 0.407 e. The highest BCUT2D eigenvalue weighted by atomic mass is 16.6. The van der Waals surface area contributed by atoms with Gasteiger partial charge in [0, 0.05) is 30.9 Å². The van der Waals surface area contributed by atoms with E-state index in [4.69, 9.17) is 14.2 Å². The molecule has 2 fully saturated rings. The summed E-state index contributed by atoms with van der Waals surface area (Å²) in [5.41, 5.74) is 0.797. The molecular formula is C25H35NO6. The van der Waals surface area contributed by atoms with E-state index in [-0.39, 0.29) is 23.8 Å². The topological polar surface area (TPSA) is 94.1 Å². The van der Waals surface area contributed by atoms with Gasteiger partial charge in [0.15, 0.2) is 0 Å². The van der Waals surface area contributed by atoms with Crippen molar-refractivity contribution >= 4 is 12.1 Å². The maximum Gasteiger partial charge on any atom is 0.407 e. The average Bonchev–Trinajstić information content (AvgIpc) is 3.49. The lowest BCUT2D eigenvalue weighted by Crippen LogP contribution is -2.60. The number of amides is 1. The molecule has 2 aliphatic carbocycles. The van der Waals surface area contributed by atoms with Crippen LogP contribution in [0, 0.1) is 11.8 Å². The Kier molecular flexibility index (Phi) is 5.90. The zero-order valence-electron chi connectivity index (χ0n) is 19.6. The molecule has 0 radical (unpaired) electrons. The number of carbonyl (C=O) groups is 2. The summed E-state index contributed by atoms with van der Waals surface area (Å²) in [5.74, 6) is 0.788. The molecule has 32 heavy (non-hydrogen) atoms. The van der Waals surface area contributed by atoms with E-state index in [9.17, 15) is 14.7 Å². The zero-order valence-corrected chi connectivity index (χ0v) is 19.6. The fourth-order valence-electron chi connectivity index (χ4n) is 5.28. The molecule has 176 valence electrons. The highest BCUT2D eigenvalue weighted by Crippen LogP contribution is 2.52. The molecule has 4 rings (SSSR count). The highest BCUT2D eigenvalue weighted by molar-refractivity contribution is 5.73. The minimum atomic E-state index is -0.618. The van der Waals surface area contributed by atoms with Crippen LogP contribution in [-0.2, 0) is 14.3 Å². The number of esters is 1. The maximum atomic E-state index is 12.2. The Morgan fingerprint density at radius 3 is 2.50 bits per heavy atom. The summed E-state index contributed by atoms with van der Waals surface area (Å²) < 4.78 is 16.8. The number of benzene rings is 1. The third kappa shape index (κ3) is 4.72. The largest absolute Gasteiger partial charge is 0.487 e. The van der Waals surface area contributed by atoms with Crippen molar-refractivity contribution in [3.05, 3.63) is 29.3 Å². The molecule has 3 aliphatic rings. The molecule has 1 amide bonds. The van der Waals surface area contributed by atoms with Gasteiger partial charge in [-0.2, -0.15) is 0 Å². The lowest BCUT2D eigenvalue weighted by molar-refractivity contribution is -0.145. The average molecular weight is 446 g/mol. The van der Waals surface area contributed by atoms with Crippen molar-refractivity contribution in [3.8, 4) is 5.75 Å². The van der Waals surface area contributed by atoms with Crippen molar-refractivity contribution < 1.29 is 28.9 Å². The summed E-state index contributed by atoms with van der Waals surface area (Å²) in [6.07, 6.45) is 2.91. The van der Waals surface area contributed by atoms with Crippen LogP contribution in [0.15, 0.2) is 18.2 Å². The molecule has 1 unspecified atom stereocenters. The van der Waals surface area contributed by atoms with Gasteiger partial charge in [-0.05, 0) is 57.1 Å². The fraction of sp³-hybridized carbons (Fsp3) is 0.680. The Labute approximate surface area is 189 Å². The van der Waals surface area contributed by atoms with Crippen molar-refractivity contribution in [2.75, 3.05) is 7.11 Å². The minimum Gasteiger partial charge on any atom is -0.487 e. The lowest BCUT2D eigenvalue weighted by Gasteiger charge is -2.51. The first-order valence-corrected chi connectivity index (χ1v) is 11.6. The van der Waals surface area contributed by atoms with Crippen LogP contribution in [0.2, 0.25) is 0 Å². The molecule has 1 spiro atoms. The summed E-state index contributed by atoms with van der Waals surface area (Å²) in [6, 6.07) is 5.90. The Balaban J connectivity index is 1.47. The molecule has 2 saturated carbocycles. The van der Waals surface area contributed by atoms with E-state index < -0.39 is 23.4 Å². The van der Waals surface area contributed by atoms with Crippen LogP contribution in [0.4, 0.5) is 4.79 Å². The summed E-state index contributed by atoms with van der Waals surface area (Å²) in [5, 5.41) is 13.7. The van der Waals surface area contributed by atoms with Crippen LogP contribution in [0.25, 0.3) is 0 Å². The fourth-order valence-corrected chi connectivity index (χ4v) is 5.28. The van der Waals surface area contributed by atoms with E-state index in [2.05, 4.69) is 5.32 Å². The van der Waals surface area contributed by atoms with Crippen LogP contribution < -0.4 is 10.1 Å². The van der Waals surface area contributed by atoms with Crippen LogP contribution in [0.1, 0.15) is 82.9 Å². The molecule has 0 bridgehead atoms. The first kappa shape index (κ1) is 22.9. The molecule has 1 heterocycles. The number of aliphatic hydroxyl groups is 1. The second-order valence-electron chi connectivity index (χ2n) is 10.7. The monoisotopic (exact) mass is 445 g/mol. The normalized spacial score (nSPS) is 28.6. The van der Waals surface area contributed by atoms with Gasteiger partial charge in [-0.1, -0.05) is 19.1 Å². The number of hydrogen-bond acceptors (Lipinski definition) is 6. The van der Waals surface area contributed by atoms with Gasteiger partial charge in [-0.3, -0.25) is 4.79 Å². The number of ether oxygens (including phenoxy) is 3. The third-order valence-electron chi connectivity index (χ3n) is 6.87. The van der Waals surface area contributed by atoms with Crippen molar-refractivity contribution in [1.29, 1.82) is 0 Å². The first-order chi connectivity index (χ1) is 15.0. The SMILES string of the molecule is COC(=O)[C@@H](C)[C@H](c1ccc2c(c1)OC1(CC(NC(=O)OC(C)(C)C)C1)CC2O)C1CC1. The van der Waals surface area contributed by atoms with Crippen molar-refractivity contribution in [2.24, 2.45) is 11.8 Å². The molecule has 1 aromatic rings. The van der Waals surface area contributed by atoms with Gasteiger partial charge in [-0.15, -0.1) is 0 Å². The minimum absolute atomic E-state index is 0.0414. The number of fused-ring (bicyclic) bond motifs is 1. The Morgan fingerprint density at radius 1 is 1.22 bits per heavy atom. The number of aliphatic hydroxyl groups excluding tert-OH is 1. The Hall–Kier alpha value is -2.28. The standard InChI is InChI=1S/C25H35NO6/c1-14(22(28)30-5)21(15-6-7-15)16-8-9-18-19(27)13-25(31-20(18)10-16)11-17(12-25)26-23(29)32-24(2,3)4/h8-10,14-15,17,19,21,27H,6-7,11-13H2,1-5H3,(H,26,29)/t14-,17?,19?,21-,25?/m0/s1. The van der Waals surface area contributed by atoms with Crippen molar-refractivity contribution in [3.63, 3.8) is 0 Å². The molecule has 1 aromatic carbocycles. The van der Waals surface area contributed by atoms with E-state index in [0.717, 1.165) is 24.0 Å². The molecular weight excluding hydrogens is 410 g/mol. The van der Waals surface area contributed by atoms with Crippen LogP contribution >= 0.6 is 0 Å². The van der Waals surface area contributed by atoms with E-state index in [1.807, 2.05) is 45.9 Å². The molecule has 0 aromatic heterocycles. The van der Waals surface area contributed by atoms with Crippen molar-refractivity contribution in [2.45, 2.75) is 89.1 Å². The predicted molar refractivity (Wildman–Crippen MR) is 118 cm³/mol. The molecule has 1 aliphatic heterocycles. The zero-order chi connectivity index (χ0) is 23.3. The molecule has 3 atom stereocenters. The van der Waals surface area contributed by atoms with Crippen LogP contribution in [0.3, 0.4) is 0 Å². The summed E-state index contributed by atoms with van der Waals surface area (Å²) in [7, 11) is 1.43. The van der Waals surface area contributed by atoms with E-state index >= 15 is 0 Å². The Bertz CT molecular complexity index is 881.